The van der Waals surface area contributed by atoms with Gasteiger partial charge in [0.05, 0.1) is 21.3 Å². The Bertz CT molecular complexity index is 802. The summed E-state index contributed by atoms with van der Waals surface area (Å²) >= 11 is 0. The Balaban J connectivity index is 1.86. The number of carbonyl (C=O) groups is 2. The minimum absolute atomic E-state index is 0.160. The molecule has 3 rings (SSSR count). The van der Waals surface area contributed by atoms with E-state index in [1.54, 1.807) is 48.5 Å². The van der Waals surface area contributed by atoms with Crippen molar-refractivity contribution in [2.45, 2.75) is 29.9 Å². The van der Waals surface area contributed by atoms with Crippen molar-refractivity contribution in [1.82, 2.24) is 5.32 Å². The van der Waals surface area contributed by atoms with E-state index in [0.29, 0.717) is 10.5 Å². The second-order valence-electron chi connectivity index (χ2n) is 5.93. The van der Waals surface area contributed by atoms with Gasteiger partial charge in [-0.1, -0.05) is 42.5 Å². The highest BCUT2D eigenvalue weighted by atomic mass is 32.2. The van der Waals surface area contributed by atoms with Gasteiger partial charge in [-0.3, -0.25) is 9.00 Å². The van der Waals surface area contributed by atoms with E-state index in [1.165, 1.54) is 6.26 Å². The molecule has 1 N–H and O–H groups in total. The van der Waals surface area contributed by atoms with E-state index in [1.807, 2.05) is 6.07 Å². The summed E-state index contributed by atoms with van der Waals surface area (Å²) in [6, 6.07) is 15.6. The van der Waals surface area contributed by atoms with Gasteiger partial charge >= 0.3 is 5.97 Å². The number of benzene rings is 2. The molecule has 2 aromatic rings. The van der Waals surface area contributed by atoms with Crippen molar-refractivity contribution in [3.63, 3.8) is 0 Å². The van der Waals surface area contributed by atoms with Crippen LogP contribution < -0.4 is 5.32 Å². The number of ether oxygens (including phenoxy) is 1. The van der Waals surface area contributed by atoms with Crippen molar-refractivity contribution in [3.05, 3.63) is 65.7 Å². The fourth-order valence-electron chi connectivity index (χ4n) is 2.46. The predicted octanol–water partition coefficient (Wildman–Crippen LogP) is 2.60. The molecule has 0 saturated heterocycles. The number of esters is 1. The Morgan fingerprint density at radius 1 is 1.08 bits per heavy atom. The number of carbonyl (C=O) groups excluding carboxylic acids is 2. The SMILES string of the molecule is C[S@@](=O)c1ccccc1C(=O)O[C@H](C(=O)NC1CC1)c1ccccc1. The summed E-state index contributed by atoms with van der Waals surface area (Å²) in [6.45, 7) is 0. The molecule has 0 aromatic heterocycles. The molecule has 6 heteroatoms. The van der Waals surface area contributed by atoms with Crippen molar-refractivity contribution in [2.24, 2.45) is 0 Å². The van der Waals surface area contributed by atoms with Crippen molar-refractivity contribution >= 4 is 22.7 Å². The van der Waals surface area contributed by atoms with Crippen LogP contribution in [0, 0.1) is 0 Å². The van der Waals surface area contributed by atoms with Crippen LogP contribution in [0.5, 0.6) is 0 Å². The number of hydrogen-bond acceptors (Lipinski definition) is 4. The molecule has 2 atom stereocenters. The average molecular weight is 357 g/mol. The molecule has 0 radical (unpaired) electrons. The smallest absolute Gasteiger partial charge is 0.340 e. The summed E-state index contributed by atoms with van der Waals surface area (Å²) in [5.41, 5.74) is 0.813. The van der Waals surface area contributed by atoms with Gasteiger partial charge in [0, 0.05) is 17.9 Å². The third-order valence-corrected chi connectivity index (χ3v) is 4.88. The Labute approximate surface area is 148 Å². The van der Waals surface area contributed by atoms with Gasteiger partial charge in [-0.2, -0.15) is 0 Å². The van der Waals surface area contributed by atoms with Crippen LogP contribution in [0.1, 0.15) is 34.9 Å². The van der Waals surface area contributed by atoms with Crippen molar-refractivity contribution in [2.75, 3.05) is 6.26 Å². The molecule has 0 aliphatic heterocycles. The van der Waals surface area contributed by atoms with Crippen LogP contribution in [0.2, 0.25) is 0 Å². The molecule has 1 saturated carbocycles. The molecule has 0 bridgehead atoms. The van der Waals surface area contributed by atoms with E-state index in [2.05, 4.69) is 5.32 Å². The van der Waals surface area contributed by atoms with Gasteiger partial charge in [0.2, 0.25) is 6.10 Å². The molecule has 2 aromatic carbocycles. The molecule has 0 spiro atoms. The molecular formula is C19H19NO4S. The third kappa shape index (κ3) is 4.33. The van der Waals surface area contributed by atoms with E-state index >= 15 is 0 Å². The highest BCUT2D eigenvalue weighted by Gasteiger charge is 2.31. The molecule has 0 unspecified atom stereocenters. The van der Waals surface area contributed by atoms with Crippen LogP contribution in [0.4, 0.5) is 0 Å². The molecule has 1 aliphatic rings. The van der Waals surface area contributed by atoms with Gasteiger partial charge in [-0.05, 0) is 25.0 Å². The lowest BCUT2D eigenvalue weighted by atomic mass is 10.1. The first-order valence-electron chi connectivity index (χ1n) is 8.05. The van der Waals surface area contributed by atoms with Gasteiger partial charge in [-0.25, -0.2) is 4.79 Å². The second-order valence-corrected chi connectivity index (χ2v) is 7.28. The molecular weight excluding hydrogens is 338 g/mol. The van der Waals surface area contributed by atoms with Crippen LogP contribution in [-0.2, 0) is 20.3 Å². The third-order valence-electron chi connectivity index (χ3n) is 3.91. The average Bonchev–Trinajstić information content (AvgIpc) is 3.44. The summed E-state index contributed by atoms with van der Waals surface area (Å²) in [5, 5.41) is 2.87. The molecule has 1 fully saturated rings. The minimum Gasteiger partial charge on any atom is -0.444 e. The van der Waals surface area contributed by atoms with Gasteiger partial charge in [0.15, 0.2) is 0 Å². The molecule has 25 heavy (non-hydrogen) atoms. The van der Waals surface area contributed by atoms with E-state index in [9.17, 15) is 13.8 Å². The topological polar surface area (TPSA) is 72.5 Å². The Morgan fingerprint density at radius 2 is 1.72 bits per heavy atom. The quantitative estimate of drug-likeness (QED) is 0.807. The summed E-state index contributed by atoms with van der Waals surface area (Å²) in [4.78, 5) is 25.5. The highest BCUT2D eigenvalue weighted by molar-refractivity contribution is 7.84. The van der Waals surface area contributed by atoms with Crippen molar-refractivity contribution in [3.8, 4) is 0 Å². The van der Waals surface area contributed by atoms with E-state index in [0.717, 1.165) is 12.8 Å². The molecule has 5 nitrogen and oxygen atoms in total. The zero-order valence-electron chi connectivity index (χ0n) is 13.8. The zero-order chi connectivity index (χ0) is 17.8. The number of rotatable bonds is 6. The maximum Gasteiger partial charge on any atom is 0.340 e. The summed E-state index contributed by atoms with van der Waals surface area (Å²) < 4.78 is 17.4. The van der Waals surface area contributed by atoms with E-state index < -0.39 is 22.9 Å². The van der Waals surface area contributed by atoms with Crippen molar-refractivity contribution < 1.29 is 18.5 Å². The Morgan fingerprint density at radius 3 is 2.36 bits per heavy atom. The summed E-state index contributed by atoms with van der Waals surface area (Å²) in [7, 11) is -1.33. The van der Waals surface area contributed by atoms with Gasteiger partial charge in [0.25, 0.3) is 5.91 Å². The summed E-state index contributed by atoms with van der Waals surface area (Å²) in [5.74, 6) is -0.997. The summed E-state index contributed by atoms with van der Waals surface area (Å²) in [6.07, 6.45) is 2.35. The van der Waals surface area contributed by atoms with Gasteiger partial charge < -0.3 is 10.1 Å². The molecule has 1 amide bonds. The van der Waals surface area contributed by atoms with E-state index in [4.69, 9.17) is 4.74 Å². The highest BCUT2D eigenvalue weighted by Crippen LogP contribution is 2.25. The van der Waals surface area contributed by atoms with Gasteiger partial charge in [-0.15, -0.1) is 0 Å². The Hall–Kier alpha value is -2.47. The maximum atomic E-state index is 12.6. The van der Waals surface area contributed by atoms with Crippen LogP contribution in [0.25, 0.3) is 0 Å². The predicted molar refractivity (Wildman–Crippen MR) is 94.5 cm³/mol. The monoisotopic (exact) mass is 357 g/mol. The first kappa shape index (κ1) is 17.4. The lowest BCUT2D eigenvalue weighted by Crippen LogP contribution is -2.33. The Kier molecular flexibility index (Phi) is 5.28. The lowest BCUT2D eigenvalue weighted by molar-refractivity contribution is -0.130. The number of hydrogen-bond donors (Lipinski definition) is 1. The maximum absolute atomic E-state index is 12.6. The lowest BCUT2D eigenvalue weighted by Gasteiger charge is -2.18. The van der Waals surface area contributed by atoms with E-state index in [-0.39, 0.29) is 17.5 Å². The van der Waals surface area contributed by atoms with Crippen LogP contribution in [-0.4, -0.2) is 28.4 Å². The van der Waals surface area contributed by atoms with Gasteiger partial charge in [0.1, 0.15) is 0 Å². The number of amides is 1. The molecule has 130 valence electrons. The first-order chi connectivity index (χ1) is 12.1. The normalized spacial score (nSPS) is 15.9. The first-order valence-corrected chi connectivity index (χ1v) is 9.61. The second kappa shape index (κ2) is 7.61. The number of nitrogens with one attached hydrogen (secondary N) is 1. The largest absolute Gasteiger partial charge is 0.444 e. The molecule has 0 heterocycles. The standard InChI is InChI=1S/C19H19NO4S/c1-25(23)16-10-6-5-9-15(16)19(22)24-17(13-7-3-2-4-8-13)18(21)20-14-11-12-14/h2-10,14,17H,11-12H2,1H3,(H,20,21)/t17-,25+/m0/s1. The zero-order valence-corrected chi connectivity index (χ0v) is 14.6. The minimum atomic E-state index is -1.33. The van der Waals surface area contributed by atoms with Crippen molar-refractivity contribution in [1.29, 1.82) is 0 Å². The van der Waals surface area contributed by atoms with Crippen LogP contribution >= 0.6 is 0 Å². The molecule has 1 aliphatic carbocycles. The fraction of sp³-hybridized carbons (Fsp3) is 0.263. The van der Waals surface area contributed by atoms with Crippen LogP contribution in [0.15, 0.2) is 59.5 Å². The van der Waals surface area contributed by atoms with Crippen LogP contribution in [0.3, 0.4) is 0 Å². The fourth-order valence-corrected chi connectivity index (χ4v) is 3.19.